The fourth-order valence-corrected chi connectivity index (χ4v) is 1.72. The molecular formula is C13H16N2O. The van der Waals surface area contributed by atoms with Crippen molar-refractivity contribution >= 4 is 0 Å². The van der Waals surface area contributed by atoms with Crippen LogP contribution in [0.3, 0.4) is 0 Å². The molecule has 0 radical (unpaired) electrons. The predicted molar refractivity (Wildman–Crippen MR) is 63.0 cm³/mol. The maximum absolute atomic E-state index is 5.46. The molecule has 0 N–H and O–H groups in total. The maximum Gasteiger partial charge on any atom is 0.181 e. The Morgan fingerprint density at radius 2 is 2.12 bits per heavy atom. The lowest BCUT2D eigenvalue weighted by atomic mass is 10.0. The molecule has 0 aliphatic rings. The molecule has 0 aliphatic carbocycles. The third-order valence-electron chi connectivity index (χ3n) is 2.38. The van der Waals surface area contributed by atoms with E-state index < -0.39 is 0 Å². The first-order chi connectivity index (χ1) is 7.66. The molecule has 0 amide bonds. The van der Waals surface area contributed by atoms with Gasteiger partial charge in [0.25, 0.3) is 0 Å². The highest BCUT2D eigenvalue weighted by Crippen LogP contribution is 2.24. The van der Waals surface area contributed by atoms with E-state index in [0.717, 1.165) is 29.0 Å². The molecule has 16 heavy (non-hydrogen) atoms. The summed E-state index contributed by atoms with van der Waals surface area (Å²) in [5, 5.41) is 0. The summed E-state index contributed by atoms with van der Waals surface area (Å²) >= 11 is 0. The SMILES string of the molecule is Cc1cncc(-c2ocnc2CC(C)C)c1. The van der Waals surface area contributed by atoms with Crippen LogP contribution in [0.25, 0.3) is 11.3 Å². The first kappa shape index (κ1) is 10.9. The van der Waals surface area contributed by atoms with Crippen molar-refractivity contribution in [3.05, 3.63) is 36.1 Å². The minimum atomic E-state index is 0.571. The number of aryl methyl sites for hydroxylation is 1. The van der Waals surface area contributed by atoms with Crippen LogP contribution in [0.2, 0.25) is 0 Å². The smallest absolute Gasteiger partial charge is 0.181 e. The molecule has 0 atom stereocenters. The second-order valence-corrected chi connectivity index (χ2v) is 4.48. The van der Waals surface area contributed by atoms with Crippen LogP contribution < -0.4 is 0 Å². The van der Waals surface area contributed by atoms with Crippen molar-refractivity contribution < 1.29 is 4.42 Å². The molecule has 0 unspecified atom stereocenters. The average Bonchev–Trinajstić information content (AvgIpc) is 2.65. The minimum absolute atomic E-state index is 0.571. The normalized spacial score (nSPS) is 11.0. The van der Waals surface area contributed by atoms with Gasteiger partial charge in [-0.25, -0.2) is 4.98 Å². The first-order valence-electron chi connectivity index (χ1n) is 5.51. The highest BCUT2D eigenvalue weighted by molar-refractivity contribution is 5.59. The van der Waals surface area contributed by atoms with Crippen molar-refractivity contribution in [2.45, 2.75) is 27.2 Å². The molecule has 0 aromatic carbocycles. The summed E-state index contributed by atoms with van der Waals surface area (Å²) in [5.74, 6) is 1.42. The second-order valence-electron chi connectivity index (χ2n) is 4.48. The summed E-state index contributed by atoms with van der Waals surface area (Å²) in [4.78, 5) is 8.44. The van der Waals surface area contributed by atoms with Gasteiger partial charge in [0, 0.05) is 18.0 Å². The van der Waals surface area contributed by atoms with Crippen molar-refractivity contribution in [2.75, 3.05) is 0 Å². The zero-order chi connectivity index (χ0) is 11.5. The van der Waals surface area contributed by atoms with Crippen LogP contribution in [0.4, 0.5) is 0 Å². The molecule has 0 aliphatic heterocycles. The van der Waals surface area contributed by atoms with Crippen LogP contribution >= 0.6 is 0 Å². The Kier molecular flexibility index (Phi) is 3.04. The first-order valence-corrected chi connectivity index (χ1v) is 5.51. The molecule has 0 saturated carbocycles. The van der Waals surface area contributed by atoms with Crippen molar-refractivity contribution in [3.8, 4) is 11.3 Å². The van der Waals surface area contributed by atoms with Gasteiger partial charge in [-0.05, 0) is 30.9 Å². The lowest BCUT2D eigenvalue weighted by molar-refractivity contribution is 0.567. The van der Waals surface area contributed by atoms with E-state index in [-0.39, 0.29) is 0 Å². The molecule has 0 fully saturated rings. The third kappa shape index (κ3) is 2.30. The van der Waals surface area contributed by atoms with E-state index in [1.807, 2.05) is 19.3 Å². The van der Waals surface area contributed by atoms with Crippen LogP contribution in [0.1, 0.15) is 25.1 Å². The van der Waals surface area contributed by atoms with Crippen molar-refractivity contribution in [3.63, 3.8) is 0 Å². The number of rotatable bonds is 3. The number of aromatic nitrogens is 2. The summed E-state index contributed by atoms with van der Waals surface area (Å²) in [6.45, 7) is 6.37. The zero-order valence-electron chi connectivity index (χ0n) is 9.90. The molecule has 3 heteroatoms. The summed E-state index contributed by atoms with van der Waals surface area (Å²) in [5.41, 5.74) is 3.15. The fourth-order valence-electron chi connectivity index (χ4n) is 1.72. The second kappa shape index (κ2) is 4.47. The van der Waals surface area contributed by atoms with Crippen LogP contribution in [-0.2, 0) is 6.42 Å². The summed E-state index contributed by atoms with van der Waals surface area (Å²) < 4.78 is 5.46. The quantitative estimate of drug-likeness (QED) is 0.790. The molecule has 2 aromatic heterocycles. The Balaban J connectivity index is 2.37. The Morgan fingerprint density at radius 1 is 1.31 bits per heavy atom. The van der Waals surface area contributed by atoms with E-state index in [0.29, 0.717) is 5.92 Å². The van der Waals surface area contributed by atoms with Crippen LogP contribution in [0.5, 0.6) is 0 Å². The van der Waals surface area contributed by atoms with Crippen molar-refractivity contribution in [2.24, 2.45) is 5.92 Å². The molecule has 3 nitrogen and oxygen atoms in total. The van der Waals surface area contributed by atoms with E-state index in [2.05, 4.69) is 29.9 Å². The van der Waals surface area contributed by atoms with Crippen LogP contribution in [0, 0.1) is 12.8 Å². The van der Waals surface area contributed by atoms with Gasteiger partial charge in [-0.1, -0.05) is 13.8 Å². The topological polar surface area (TPSA) is 38.9 Å². The van der Waals surface area contributed by atoms with Gasteiger partial charge in [0.15, 0.2) is 12.2 Å². The third-order valence-corrected chi connectivity index (χ3v) is 2.38. The molecule has 2 aromatic rings. The van der Waals surface area contributed by atoms with E-state index >= 15 is 0 Å². The van der Waals surface area contributed by atoms with E-state index in [1.54, 1.807) is 0 Å². The zero-order valence-corrected chi connectivity index (χ0v) is 9.90. The van der Waals surface area contributed by atoms with E-state index in [4.69, 9.17) is 4.42 Å². The molecule has 0 saturated heterocycles. The highest BCUT2D eigenvalue weighted by Gasteiger charge is 2.12. The van der Waals surface area contributed by atoms with Gasteiger partial charge in [0.2, 0.25) is 0 Å². The average molecular weight is 216 g/mol. The standard InChI is InChI=1S/C13H16N2O/c1-9(2)4-12-13(16-8-15-12)11-5-10(3)6-14-7-11/h5-9H,4H2,1-3H3. The van der Waals surface area contributed by atoms with Gasteiger partial charge in [0.1, 0.15) is 0 Å². The number of pyridine rings is 1. The Hall–Kier alpha value is -1.64. The molecule has 2 heterocycles. The van der Waals surface area contributed by atoms with Gasteiger partial charge >= 0.3 is 0 Å². The van der Waals surface area contributed by atoms with Gasteiger partial charge in [-0.15, -0.1) is 0 Å². The van der Waals surface area contributed by atoms with Gasteiger partial charge in [0.05, 0.1) is 5.69 Å². The molecule has 84 valence electrons. The van der Waals surface area contributed by atoms with Crippen molar-refractivity contribution in [1.29, 1.82) is 0 Å². The number of nitrogens with zero attached hydrogens (tertiary/aromatic N) is 2. The van der Waals surface area contributed by atoms with E-state index in [9.17, 15) is 0 Å². The lowest BCUT2D eigenvalue weighted by Gasteiger charge is -2.04. The monoisotopic (exact) mass is 216 g/mol. The fraction of sp³-hybridized carbons (Fsp3) is 0.385. The summed E-state index contributed by atoms with van der Waals surface area (Å²) in [6.07, 6.45) is 6.09. The predicted octanol–water partition coefficient (Wildman–Crippen LogP) is 3.24. The number of hydrogen-bond acceptors (Lipinski definition) is 3. The molecular weight excluding hydrogens is 200 g/mol. The Morgan fingerprint density at radius 3 is 2.81 bits per heavy atom. The largest absolute Gasteiger partial charge is 0.443 e. The van der Waals surface area contributed by atoms with Crippen molar-refractivity contribution in [1.82, 2.24) is 9.97 Å². The maximum atomic E-state index is 5.46. The summed E-state index contributed by atoms with van der Waals surface area (Å²) in [6, 6.07) is 2.07. The Bertz CT molecular complexity index is 474. The van der Waals surface area contributed by atoms with Gasteiger partial charge in [-0.2, -0.15) is 0 Å². The number of hydrogen-bond donors (Lipinski definition) is 0. The van der Waals surface area contributed by atoms with Gasteiger partial charge in [-0.3, -0.25) is 4.98 Å². The lowest BCUT2D eigenvalue weighted by Crippen LogP contribution is -1.96. The van der Waals surface area contributed by atoms with Crippen LogP contribution in [0.15, 0.2) is 29.3 Å². The van der Waals surface area contributed by atoms with Gasteiger partial charge < -0.3 is 4.42 Å². The number of oxazole rings is 1. The highest BCUT2D eigenvalue weighted by atomic mass is 16.3. The summed E-state index contributed by atoms with van der Waals surface area (Å²) in [7, 11) is 0. The Labute approximate surface area is 95.5 Å². The van der Waals surface area contributed by atoms with E-state index in [1.165, 1.54) is 6.39 Å². The molecule has 0 bridgehead atoms. The van der Waals surface area contributed by atoms with Crippen LogP contribution in [-0.4, -0.2) is 9.97 Å². The molecule has 0 spiro atoms. The molecule has 2 rings (SSSR count). The minimum Gasteiger partial charge on any atom is -0.443 e.